The fraction of sp³-hybridized carbons (Fsp3) is 0.316. The van der Waals surface area contributed by atoms with Crippen LogP contribution in [-0.4, -0.2) is 46.1 Å². The summed E-state index contributed by atoms with van der Waals surface area (Å²) in [7, 11) is 0. The number of hydrogen-bond donors (Lipinski definition) is 0. The summed E-state index contributed by atoms with van der Waals surface area (Å²) >= 11 is 6.30. The number of benzene rings is 1. The van der Waals surface area contributed by atoms with Crippen molar-refractivity contribution in [1.82, 2.24) is 4.90 Å². The second kappa shape index (κ2) is 8.75. The van der Waals surface area contributed by atoms with Gasteiger partial charge < -0.3 is 24.7 Å². The molecule has 2 aliphatic rings. The number of carbonyl (C=O) groups is 4. The lowest BCUT2D eigenvalue weighted by Crippen LogP contribution is -2.39. The summed E-state index contributed by atoms with van der Waals surface area (Å²) in [5.41, 5.74) is 1.02. The van der Waals surface area contributed by atoms with Crippen molar-refractivity contribution in [2.75, 3.05) is 18.0 Å². The smallest absolute Gasteiger partial charge is 0.267 e. The third kappa shape index (κ3) is 4.33. The number of anilines is 1. The number of hydrogen-bond acceptors (Lipinski definition) is 8. The minimum atomic E-state index is -1.40. The fourth-order valence-electron chi connectivity index (χ4n) is 3.24. The number of unbranched alkanes of at least 4 members (excludes halogenated alkanes) is 2. The Bertz CT molecular complexity index is 942. The summed E-state index contributed by atoms with van der Waals surface area (Å²) in [6.07, 6.45) is 1.56. The van der Waals surface area contributed by atoms with E-state index in [2.05, 4.69) is 0 Å². The molecule has 3 rings (SSSR count). The van der Waals surface area contributed by atoms with Crippen LogP contribution >= 0.6 is 24.0 Å². The van der Waals surface area contributed by atoms with Crippen LogP contribution in [0.1, 0.15) is 31.2 Å². The lowest BCUT2D eigenvalue weighted by molar-refractivity contribution is -0.306. The molecule has 0 spiro atoms. The number of carbonyl (C=O) groups excluding carboxylic acids is 4. The molecule has 1 aromatic carbocycles. The Hall–Kier alpha value is -2.72. The van der Waals surface area contributed by atoms with E-state index in [1.165, 1.54) is 4.90 Å². The molecule has 0 radical (unpaired) electrons. The van der Waals surface area contributed by atoms with Gasteiger partial charge in [0.25, 0.3) is 11.8 Å². The van der Waals surface area contributed by atoms with Gasteiger partial charge in [-0.25, -0.2) is 0 Å². The SMILES string of the molecule is O=C([O-])CCCCCN1C(=O)/C(=C2/C(=O)N(CC(=O)[O-])c3ccccc32)SC1=S. The largest absolute Gasteiger partial charge is 0.550 e. The van der Waals surface area contributed by atoms with Crippen LogP contribution in [0.4, 0.5) is 5.69 Å². The maximum absolute atomic E-state index is 12.9. The van der Waals surface area contributed by atoms with E-state index < -0.39 is 30.3 Å². The van der Waals surface area contributed by atoms with Gasteiger partial charge in [0.2, 0.25) is 0 Å². The summed E-state index contributed by atoms with van der Waals surface area (Å²) in [6.45, 7) is -0.300. The Morgan fingerprint density at radius 2 is 1.69 bits per heavy atom. The molecule has 1 saturated heterocycles. The van der Waals surface area contributed by atoms with Crippen molar-refractivity contribution in [2.45, 2.75) is 25.7 Å². The molecule has 0 aliphatic carbocycles. The Labute approximate surface area is 176 Å². The van der Waals surface area contributed by atoms with Crippen molar-refractivity contribution < 1.29 is 29.4 Å². The number of carboxylic acid groups (broad SMARTS) is 2. The summed E-state index contributed by atoms with van der Waals surface area (Å²) < 4.78 is 0.307. The highest BCUT2D eigenvalue weighted by atomic mass is 32.2. The van der Waals surface area contributed by atoms with E-state index in [1.807, 2.05) is 0 Å². The molecule has 2 amide bonds. The van der Waals surface area contributed by atoms with Crippen LogP contribution in [0.15, 0.2) is 29.2 Å². The van der Waals surface area contributed by atoms with Crippen LogP contribution in [0.3, 0.4) is 0 Å². The highest BCUT2D eigenvalue weighted by molar-refractivity contribution is 8.26. The number of carboxylic acids is 2. The number of fused-ring (bicyclic) bond motifs is 1. The van der Waals surface area contributed by atoms with Gasteiger partial charge in [0, 0.05) is 18.1 Å². The van der Waals surface area contributed by atoms with Gasteiger partial charge in [0.1, 0.15) is 4.32 Å². The standard InChI is InChI=1S/C19H18N2O6S2/c22-13(23)8-2-1-5-9-20-18(27)16(29-19(20)28)15-11-6-3-4-7-12(11)21(17(15)26)10-14(24)25/h3-4,6-7H,1-2,5,8-10H2,(H,22,23)(H,24,25)/p-2/b16-15-. The van der Waals surface area contributed by atoms with Crippen LogP contribution in [0, 0.1) is 0 Å². The number of thiocarbonyl (C=S) groups is 1. The van der Waals surface area contributed by atoms with Crippen molar-refractivity contribution in [3.05, 3.63) is 34.7 Å². The quantitative estimate of drug-likeness (QED) is 0.311. The number of amides is 2. The molecule has 2 aliphatic heterocycles. The predicted molar refractivity (Wildman–Crippen MR) is 106 cm³/mol. The lowest BCUT2D eigenvalue weighted by Gasteiger charge is -2.17. The van der Waals surface area contributed by atoms with Crippen molar-refractivity contribution in [1.29, 1.82) is 0 Å². The monoisotopic (exact) mass is 432 g/mol. The lowest BCUT2D eigenvalue weighted by atomic mass is 10.1. The molecule has 0 aromatic heterocycles. The molecule has 0 atom stereocenters. The average molecular weight is 432 g/mol. The van der Waals surface area contributed by atoms with Crippen molar-refractivity contribution in [2.24, 2.45) is 0 Å². The number of rotatable bonds is 8. The number of para-hydroxylation sites is 1. The fourth-order valence-corrected chi connectivity index (χ4v) is 4.62. The minimum Gasteiger partial charge on any atom is -0.550 e. The molecule has 1 fully saturated rings. The molecule has 10 heteroatoms. The first-order valence-electron chi connectivity index (χ1n) is 8.90. The maximum Gasteiger partial charge on any atom is 0.267 e. The number of thioether (sulfide) groups is 1. The van der Waals surface area contributed by atoms with E-state index in [1.54, 1.807) is 24.3 Å². The average Bonchev–Trinajstić information content (AvgIpc) is 3.08. The molecule has 2 heterocycles. The normalized spacial score (nSPS) is 18.6. The predicted octanol–water partition coefficient (Wildman–Crippen LogP) is -0.335. The van der Waals surface area contributed by atoms with Crippen LogP contribution in [0.2, 0.25) is 0 Å². The highest BCUT2D eigenvalue weighted by Crippen LogP contribution is 2.44. The Kier molecular flexibility index (Phi) is 6.33. The van der Waals surface area contributed by atoms with Crippen LogP contribution in [0.25, 0.3) is 5.57 Å². The number of nitrogens with zero attached hydrogens (tertiary/aromatic N) is 2. The number of aliphatic carboxylic acids is 2. The zero-order valence-electron chi connectivity index (χ0n) is 15.2. The molecular weight excluding hydrogens is 416 g/mol. The summed E-state index contributed by atoms with van der Waals surface area (Å²) in [5.74, 6) is -3.50. The first-order chi connectivity index (χ1) is 13.8. The Morgan fingerprint density at radius 1 is 0.966 bits per heavy atom. The van der Waals surface area contributed by atoms with Gasteiger partial charge in [-0.1, -0.05) is 48.6 Å². The van der Waals surface area contributed by atoms with Gasteiger partial charge >= 0.3 is 0 Å². The zero-order chi connectivity index (χ0) is 21.1. The molecule has 152 valence electrons. The van der Waals surface area contributed by atoms with Crippen molar-refractivity contribution in [3.8, 4) is 0 Å². The summed E-state index contributed by atoms with van der Waals surface area (Å²) in [5, 5.41) is 21.5. The van der Waals surface area contributed by atoms with Gasteiger partial charge in [0.05, 0.1) is 28.7 Å². The van der Waals surface area contributed by atoms with Crippen molar-refractivity contribution >= 4 is 63.3 Å². The third-order valence-corrected chi connectivity index (χ3v) is 6.00. The molecule has 0 saturated carbocycles. The van der Waals surface area contributed by atoms with E-state index in [-0.39, 0.29) is 16.9 Å². The van der Waals surface area contributed by atoms with E-state index >= 15 is 0 Å². The first kappa shape index (κ1) is 21.0. The Morgan fingerprint density at radius 3 is 2.38 bits per heavy atom. The van der Waals surface area contributed by atoms with Gasteiger partial charge in [0.15, 0.2) is 0 Å². The van der Waals surface area contributed by atoms with Crippen molar-refractivity contribution in [3.63, 3.8) is 0 Å². The topological polar surface area (TPSA) is 121 Å². The molecule has 0 bridgehead atoms. The minimum absolute atomic E-state index is 0.0397. The Balaban J connectivity index is 1.83. The summed E-state index contributed by atoms with van der Waals surface area (Å²) in [4.78, 5) is 50.0. The maximum atomic E-state index is 12.9. The molecule has 29 heavy (non-hydrogen) atoms. The first-order valence-corrected chi connectivity index (χ1v) is 10.1. The van der Waals surface area contributed by atoms with Gasteiger partial charge in [-0.3, -0.25) is 14.5 Å². The molecule has 1 aromatic rings. The van der Waals surface area contributed by atoms with E-state index in [0.29, 0.717) is 41.4 Å². The second-order valence-electron chi connectivity index (χ2n) is 6.49. The van der Waals surface area contributed by atoms with E-state index in [9.17, 15) is 29.4 Å². The van der Waals surface area contributed by atoms with Crippen LogP contribution in [-0.2, 0) is 19.2 Å². The van der Waals surface area contributed by atoms with Crippen LogP contribution < -0.4 is 15.1 Å². The zero-order valence-corrected chi connectivity index (χ0v) is 16.8. The van der Waals surface area contributed by atoms with Gasteiger partial charge in [-0.05, 0) is 25.3 Å². The summed E-state index contributed by atoms with van der Waals surface area (Å²) in [6, 6.07) is 6.65. The second-order valence-corrected chi connectivity index (χ2v) is 8.14. The van der Waals surface area contributed by atoms with Gasteiger partial charge in [-0.2, -0.15) is 0 Å². The third-order valence-electron chi connectivity index (χ3n) is 4.55. The highest BCUT2D eigenvalue weighted by Gasteiger charge is 2.41. The van der Waals surface area contributed by atoms with Gasteiger partial charge in [-0.15, -0.1) is 0 Å². The van der Waals surface area contributed by atoms with E-state index in [0.717, 1.165) is 16.7 Å². The molecule has 8 nitrogen and oxygen atoms in total. The van der Waals surface area contributed by atoms with Crippen LogP contribution in [0.5, 0.6) is 0 Å². The molecular formula is C19H16N2O6S2-2. The molecule has 0 unspecified atom stereocenters. The molecule has 0 N–H and O–H groups in total. The van der Waals surface area contributed by atoms with E-state index in [4.69, 9.17) is 12.2 Å².